The van der Waals surface area contributed by atoms with E-state index in [0.29, 0.717) is 12.2 Å². The molecule has 4 heteroatoms. The van der Waals surface area contributed by atoms with Gasteiger partial charge in [-0.15, -0.1) is 0 Å². The Kier molecular flexibility index (Phi) is 5.37. The van der Waals surface area contributed by atoms with Crippen LogP contribution in [0.2, 0.25) is 0 Å². The normalized spacial score (nSPS) is 19.1. The smallest absolute Gasteiger partial charge is 0.128 e. The Hall–Kier alpha value is -0.450. The first-order chi connectivity index (χ1) is 9.09. The average Bonchev–Trinajstić information content (AvgIpc) is 2.59. The molecule has 2 N–H and O–H groups in total. The lowest BCUT2D eigenvalue weighted by Gasteiger charge is -2.27. The van der Waals surface area contributed by atoms with Crippen LogP contribution in [0.1, 0.15) is 44.1 Å². The molecule has 0 unspecified atom stereocenters. The van der Waals surface area contributed by atoms with E-state index in [2.05, 4.69) is 15.9 Å². The predicted octanol–water partition coefficient (Wildman–Crippen LogP) is 4.16. The molecule has 0 bridgehead atoms. The molecule has 19 heavy (non-hydrogen) atoms. The van der Waals surface area contributed by atoms with Crippen LogP contribution in [0.4, 0.5) is 4.39 Å². The third-order valence-electron chi connectivity index (χ3n) is 3.75. The molecule has 1 aliphatic carbocycles. The van der Waals surface area contributed by atoms with E-state index in [1.807, 2.05) is 0 Å². The first-order valence-electron chi connectivity index (χ1n) is 6.90. The van der Waals surface area contributed by atoms with Crippen LogP contribution < -0.4 is 5.73 Å². The van der Waals surface area contributed by atoms with Crippen molar-refractivity contribution in [2.45, 2.75) is 50.7 Å². The summed E-state index contributed by atoms with van der Waals surface area (Å²) in [4.78, 5) is 0. The Balaban J connectivity index is 1.86. The molecule has 0 heterocycles. The summed E-state index contributed by atoms with van der Waals surface area (Å²) in [6.07, 6.45) is 6.89. The molecule has 1 saturated carbocycles. The second-order valence-electron chi connectivity index (χ2n) is 5.51. The van der Waals surface area contributed by atoms with Gasteiger partial charge in [0.15, 0.2) is 0 Å². The Morgan fingerprint density at radius 2 is 1.89 bits per heavy atom. The lowest BCUT2D eigenvalue weighted by atomic mass is 9.92. The molecule has 0 radical (unpaired) electrons. The molecule has 0 saturated heterocycles. The SMILES string of the molecule is NC1(COCc2cc(Br)ccc2F)CCCCCC1. The van der Waals surface area contributed by atoms with Crippen LogP contribution in [0.5, 0.6) is 0 Å². The third-order valence-corrected chi connectivity index (χ3v) is 4.25. The molecule has 0 atom stereocenters. The second-order valence-corrected chi connectivity index (χ2v) is 6.42. The molecule has 0 amide bonds. The zero-order valence-corrected chi connectivity index (χ0v) is 12.7. The summed E-state index contributed by atoms with van der Waals surface area (Å²) in [6, 6.07) is 4.90. The molecule has 1 fully saturated rings. The summed E-state index contributed by atoms with van der Waals surface area (Å²) in [5.41, 5.74) is 6.72. The predicted molar refractivity (Wildman–Crippen MR) is 78.4 cm³/mol. The molecule has 2 rings (SSSR count). The van der Waals surface area contributed by atoms with Gasteiger partial charge in [-0.3, -0.25) is 0 Å². The standard InChI is InChI=1S/C15H21BrFNO/c16-13-5-6-14(17)12(9-13)10-19-11-15(18)7-3-1-2-4-8-15/h5-6,9H,1-4,7-8,10-11,18H2. The van der Waals surface area contributed by atoms with Gasteiger partial charge in [0.05, 0.1) is 13.2 Å². The zero-order chi connectivity index (χ0) is 13.7. The average molecular weight is 330 g/mol. The van der Waals surface area contributed by atoms with Crippen molar-refractivity contribution in [1.29, 1.82) is 0 Å². The minimum atomic E-state index is -0.227. The highest BCUT2D eigenvalue weighted by atomic mass is 79.9. The Labute approximate surface area is 122 Å². The minimum absolute atomic E-state index is 0.223. The van der Waals surface area contributed by atoms with Gasteiger partial charge in [0, 0.05) is 15.6 Å². The molecule has 106 valence electrons. The zero-order valence-electron chi connectivity index (χ0n) is 11.1. The van der Waals surface area contributed by atoms with E-state index in [-0.39, 0.29) is 18.0 Å². The van der Waals surface area contributed by atoms with Gasteiger partial charge >= 0.3 is 0 Å². The van der Waals surface area contributed by atoms with Crippen LogP contribution in [-0.4, -0.2) is 12.1 Å². The number of hydrogen-bond donors (Lipinski definition) is 1. The topological polar surface area (TPSA) is 35.2 Å². The molecule has 1 aromatic carbocycles. The van der Waals surface area contributed by atoms with Gasteiger partial charge in [-0.1, -0.05) is 41.6 Å². The minimum Gasteiger partial charge on any atom is -0.375 e. The van der Waals surface area contributed by atoms with E-state index in [4.69, 9.17) is 10.5 Å². The van der Waals surface area contributed by atoms with Crippen molar-refractivity contribution in [3.63, 3.8) is 0 Å². The molecule has 1 aliphatic rings. The van der Waals surface area contributed by atoms with Crippen molar-refractivity contribution in [3.05, 3.63) is 34.1 Å². The molecular formula is C15H21BrFNO. The van der Waals surface area contributed by atoms with E-state index < -0.39 is 0 Å². The fourth-order valence-corrected chi connectivity index (χ4v) is 3.00. The summed E-state index contributed by atoms with van der Waals surface area (Å²) < 4.78 is 20.1. The lowest BCUT2D eigenvalue weighted by Crippen LogP contribution is -2.43. The van der Waals surface area contributed by atoms with Crippen LogP contribution in [0.15, 0.2) is 22.7 Å². The highest BCUT2D eigenvalue weighted by molar-refractivity contribution is 9.10. The lowest BCUT2D eigenvalue weighted by molar-refractivity contribution is 0.0651. The number of halogens is 2. The van der Waals surface area contributed by atoms with Gasteiger partial charge in [-0.2, -0.15) is 0 Å². The van der Waals surface area contributed by atoms with E-state index in [9.17, 15) is 4.39 Å². The molecule has 0 aromatic heterocycles. The molecule has 0 spiro atoms. The number of hydrogen-bond acceptors (Lipinski definition) is 2. The van der Waals surface area contributed by atoms with E-state index in [0.717, 1.165) is 17.3 Å². The summed E-state index contributed by atoms with van der Waals surface area (Å²) in [6.45, 7) is 0.795. The van der Waals surface area contributed by atoms with E-state index in [1.54, 1.807) is 12.1 Å². The van der Waals surface area contributed by atoms with Gasteiger partial charge in [0.25, 0.3) is 0 Å². The van der Waals surface area contributed by atoms with Gasteiger partial charge in [0.2, 0.25) is 0 Å². The highest BCUT2D eigenvalue weighted by Gasteiger charge is 2.26. The number of benzene rings is 1. The largest absolute Gasteiger partial charge is 0.375 e. The third kappa shape index (κ3) is 4.55. The molecule has 2 nitrogen and oxygen atoms in total. The van der Waals surface area contributed by atoms with Crippen LogP contribution >= 0.6 is 15.9 Å². The van der Waals surface area contributed by atoms with Crippen LogP contribution in [0.3, 0.4) is 0 Å². The Morgan fingerprint density at radius 1 is 1.21 bits per heavy atom. The first-order valence-corrected chi connectivity index (χ1v) is 7.69. The van der Waals surface area contributed by atoms with Crippen LogP contribution in [0.25, 0.3) is 0 Å². The van der Waals surface area contributed by atoms with Crippen molar-refractivity contribution in [1.82, 2.24) is 0 Å². The maximum atomic E-state index is 13.6. The maximum absolute atomic E-state index is 13.6. The fraction of sp³-hybridized carbons (Fsp3) is 0.600. The summed E-state index contributed by atoms with van der Waals surface area (Å²) in [7, 11) is 0. The summed E-state index contributed by atoms with van der Waals surface area (Å²) in [5.74, 6) is -0.227. The van der Waals surface area contributed by atoms with Crippen LogP contribution in [0, 0.1) is 5.82 Å². The van der Waals surface area contributed by atoms with Crippen molar-refractivity contribution in [2.75, 3.05) is 6.61 Å². The van der Waals surface area contributed by atoms with Gasteiger partial charge in [-0.25, -0.2) is 4.39 Å². The molecular weight excluding hydrogens is 309 g/mol. The summed E-state index contributed by atoms with van der Waals surface area (Å²) >= 11 is 3.34. The maximum Gasteiger partial charge on any atom is 0.128 e. The van der Waals surface area contributed by atoms with E-state index in [1.165, 1.54) is 31.7 Å². The number of ether oxygens (including phenoxy) is 1. The van der Waals surface area contributed by atoms with Crippen molar-refractivity contribution in [3.8, 4) is 0 Å². The van der Waals surface area contributed by atoms with Crippen molar-refractivity contribution >= 4 is 15.9 Å². The Bertz CT molecular complexity index is 417. The second kappa shape index (κ2) is 6.82. The van der Waals surface area contributed by atoms with E-state index >= 15 is 0 Å². The quantitative estimate of drug-likeness (QED) is 0.842. The van der Waals surface area contributed by atoms with Crippen molar-refractivity contribution in [2.24, 2.45) is 5.73 Å². The van der Waals surface area contributed by atoms with Crippen LogP contribution in [-0.2, 0) is 11.3 Å². The molecule has 1 aromatic rings. The van der Waals surface area contributed by atoms with Gasteiger partial charge < -0.3 is 10.5 Å². The molecule has 0 aliphatic heterocycles. The van der Waals surface area contributed by atoms with Crippen molar-refractivity contribution < 1.29 is 9.13 Å². The first kappa shape index (κ1) is 14.9. The monoisotopic (exact) mass is 329 g/mol. The number of nitrogens with two attached hydrogens (primary N) is 1. The van der Waals surface area contributed by atoms with Gasteiger partial charge in [0.1, 0.15) is 5.82 Å². The number of rotatable bonds is 4. The summed E-state index contributed by atoms with van der Waals surface area (Å²) in [5, 5.41) is 0. The van der Waals surface area contributed by atoms with Gasteiger partial charge in [-0.05, 0) is 31.0 Å². The highest BCUT2D eigenvalue weighted by Crippen LogP contribution is 2.25. The Morgan fingerprint density at radius 3 is 2.58 bits per heavy atom. The fourth-order valence-electron chi connectivity index (χ4n) is 2.60.